The molecule has 0 saturated carbocycles. The molecule has 1 atom stereocenters. The predicted molar refractivity (Wildman–Crippen MR) is 62.4 cm³/mol. The summed E-state index contributed by atoms with van der Waals surface area (Å²) in [5, 5.41) is 11.7. The second-order valence-corrected chi connectivity index (χ2v) is 4.71. The van der Waals surface area contributed by atoms with Crippen LogP contribution < -0.4 is 5.32 Å². The third-order valence-corrected chi connectivity index (χ3v) is 3.60. The number of aryl methyl sites for hydroxylation is 1. The van der Waals surface area contributed by atoms with Gasteiger partial charge < -0.3 is 10.4 Å². The molecule has 1 aromatic rings. The first-order valence-electron chi connectivity index (χ1n) is 5.66. The van der Waals surface area contributed by atoms with Crippen molar-refractivity contribution in [2.75, 3.05) is 0 Å². The number of benzene rings is 1. The minimum absolute atomic E-state index is 0.257. The number of hydrogen-bond donors (Lipinski definition) is 2. The zero-order chi connectivity index (χ0) is 11.8. The van der Waals surface area contributed by atoms with Crippen LogP contribution in [0.25, 0.3) is 0 Å². The highest BCUT2D eigenvalue weighted by atomic mass is 16.4. The second-order valence-electron chi connectivity index (χ2n) is 4.71. The Balaban J connectivity index is 2.47. The lowest BCUT2D eigenvalue weighted by Gasteiger charge is -2.34. The van der Waals surface area contributed by atoms with Crippen molar-refractivity contribution in [3.05, 3.63) is 35.4 Å². The summed E-state index contributed by atoms with van der Waals surface area (Å²) in [7, 11) is 0. The molecule has 0 aromatic heterocycles. The fourth-order valence-electron chi connectivity index (χ4n) is 2.70. The van der Waals surface area contributed by atoms with Crippen molar-refractivity contribution in [3.8, 4) is 0 Å². The van der Waals surface area contributed by atoms with Gasteiger partial charge in [0, 0.05) is 0 Å². The van der Waals surface area contributed by atoms with E-state index in [2.05, 4.69) is 25.2 Å². The maximum atomic E-state index is 11.0. The van der Waals surface area contributed by atoms with E-state index in [1.165, 1.54) is 5.56 Å². The quantitative estimate of drug-likeness (QED) is 0.803. The summed E-state index contributed by atoms with van der Waals surface area (Å²) < 4.78 is 0. The maximum absolute atomic E-state index is 11.0. The highest BCUT2D eigenvalue weighted by Gasteiger charge is 2.42. The lowest BCUT2D eigenvalue weighted by Crippen LogP contribution is -2.47. The molecule has 0 radical (unpaired) electrons. The van der Waals surface area contributed by atoms with E-state index in [-0.39, 0.29) is 5.92 Å². The number of hydrogen-bond acceptors (Lipinski definition) is 1. The normalized spacial score (nSPS) is 23.2. The van der Waals surface area contributed by atoms with Crippen LogP contribution in [-0.2, 0) is 12.0 Å². The Morgan fingerprint density at radius 2 is 2.12 bits per heavy atom. The molecule has 0 aliphatic heterocycles. The molecule has 0 bridgehead atoms. The molecule has 1 aliphatic carbocycles. The molecule has 2 N–H and O–H groups in total. The van der Waals surface area contributed by atoms with Crippen molar-refractivity contribution in [2.45, 2.75) is 32.2 Å². The second kappa shape index (κ2) is 3.81. The molecule has 86 valence electrons. The number of fused-ring (bicyclic) bond motifs is 1. The minimum atomic E-state index is -0.939. The molecule has 0 spiro atoms. The Bertz CT molecular complexity index is 414. The number of rotatable bonds is 2. The summed E-state index contributed by atoms with van der Waals surface area (Å²) in [6, 6.07) is 8.11. The fraction of sp³-hybridized carbons (Fsp3) is 0.462. The first-order valence-corrected chi connectivity index (χ1v) is 5.66. The molecule has 1 aliphatic rings. The van der Waals surface area contributed by atoms with Gasteiger partial charge in [0.1, 0.15) is 0 Å². The van der Waals surface area contributed by atoms with E-state index in [0.29, 0.717) is 0 Å². The monoisotopic (exact) mass is 219 g/mol. The number of carbonyl (C=O) groups is 1. The molecule has 16 heavy (non-hydrogen) atoms. The van der Waals surface area contributed by atoms with Gasteiger partial charge in [-0.05, 0) is 29.9 Å². The van der Waals surface area contributed by atoms with Crippen LogP contribution in [0.2, 0.25) is 0 Å². The summed E-state index contributed by atoms with van der Waals surface area (Å²) in [6.07, 6.45) is 0.871. The zero-order valence-corrected chi connectivity index (χ0v) is 9.66. The van der Waals surface area contributed by atoms with Crippen LogP contribution in [0.15, 0.2) is 24.3 Å². The van der Waals surface area contributed by atoms with Crippen molar-refractivity contribution in [1.82, 2.24) is 5.32 Å². The Hall–Kier alpha value is -1.51. The highest BCUT2D eigenvalue weighted by Crippen LogP contribution is 2.41. The molecule has 0 saturated heterocycles. The first-order chi connectivity index (χ1) is 7.56. The van der Waals surface area contributed by atoms with Gasteiger partial charge in [-0.15, -0.1) is 0 Å². The summed E-state index contributed by atoms with van der Waals surface area (Å²) in [6.45, 7) is 4.14. The molecule has 3 nitrogen and oxygen atoms in total. The smallest absolute Gasteiger partial charge is 0.405 e. The minimum Gasteiger partial charge on any atom is -0.465 e. The van der Waals surface area contributed by atoms with Gasteiger partial charge in [0.25, 0.3) is 0 Å². The molecule has 1 unspecified atom stereocenters. The molecule has 0 fully saturated rings. The van der Waals surface area contributed by atoms with Crippen molar-refractivity contribution in [2.24, 2.45) is 5.92 Å². The number of nitrogens with one attached hydrogen (secondary N) is 1. The van der Waals surface area contributed by atoms with Gasteiger partial charge in [0.05, 0.1) is 5.54 Å². The van der Waals surface area contributed by atoms with E-state index in [0.717, 1.165) is 18.4 Å². The fourth-order valence-corrected chi connectivity index (χ4v) is 2.70. The van der Waals surface area contributed by atoms with Gasteiger partial charge in [0.15, 0.2) is 0 Å². The SMILES string of the molecule is CC(C)C1(NC(=O)O)CCc2ccccc21. The number of amides is 1. The highest BCUT2D eigenvalue weighted by molar-refractivity contribution is 5.67. The molecule has 2 rings (SSSR count). The summed E-state index contributed by atoms with van der Waals surface area (Å²) in [5.41, 5.74) is 2.01. The van der Waals surface area contributed by atoms with Crippen LogP contribution in [0, 0.1) is 5.92 Å². The van der Waals surface area contributed by atoms with Crippen LogP contribution >= 0.6 is 0 Å². The third kappa shape index (κ3) is 1.56. The Kier molecular flexibility index (Phi) is 2.62. The van der Waals surface area contributed by atoms with E-state index in [1.54, 1.807) is 0 Å². The van der Waals surface area contributed by atoms with Crippen LogP contribution in [0.1, 0.15) is 31.4 Å². The Morgan fingerprint density at radius 1 is 1.44 bits per heavy atom. The molecule has 1 amide bonds. The van der Waals surface area contributed by atoms with Gasteiger partial charge in [0.2, 0.25) is 0 Å². The van der Waals surface area contributed by atoms with Gasteiger partial charge in [-0.2, -0.15) is 0 Å². The summed E-state index contributed by atoms with van der Waals surface area (Å²) >= 11 is 0. The topological polar surface area (TPSA) is 49.3 Å². The van der Waals surface area contributed by atoms with E-state index in [9.17, 15) is 4.79 Å². The Morgan fingerprint density at radius 3 is 2.75 bits per heavy atom. The molecular formula is C13H17NO2. The van der Waals surface area contributed by atoms with Gasteiger partial charge >= 0.3 is 6.09 Å². The van der Waals surface area contributed by atoms with Crippen LogP contribution in [0.4, 0.5) is 4.79 Å². The maximum Gasteiger partial charge on any atom is 0.405 e. The van der Waals surface area contributed by atoms with Crippen molar-refractivity contribution in [3.63, 3.8) is 0 Å². The van der Waals surface area contributed by atoms with Gasteiger partial charge in [-0.25, -0.2) is 4.79 Å². The molecular weight excluding hydrogens is 202 g/mol. The predicted octanol–water partition coefficient (Wildman–Crippen LogP) is 2.75. The zero-order valence-electron chi connectivity index (χ0n) is 9.66. The van der Waals surface area contributed by atoms with Crippen LogP contribution in [0.5, 0.6) is 0 Å². The molecule has 3 heteroatoms. The van der Waals surface area contributed by atoms with E-state index >= 15 is 0 Å². The first kappa shape index (κ1) is 11.0. The van der Waals surface area contributed by atoms with Crippen LogP contribution in [-0.4, -0.2) is 11.2 Å². The van der Waals surface area contributed by atoms with E-state index < -0.39 is 11.6 Å². The Labute approximate surface area is 95.5 Å². The standard InChI is InChI=1S/C13H17NO2/c1-9(2)13(14-12(15)16)8-7-10-5-3-4-6-11(10)13/h3-6,9,14H,7-8H2,1-2H3,(H,15,16). The van der Waals surface area contributed by atoms with Crippen molar-refractivity contribution >= 4 is 6.09 Å². The van der Waals surface area contributed by atoms with Gasteiger partial charge in [-0.3, -0.25) is 0 Å². The summed E-state index contributed by atoms with van der Waals surface area (Å²) in [4.78, 5) is 11.0. The van der Waals surface area contributed by atoms with Gasteiger partial charge in [-0.1, -0.05) is 38.1 Å². The molecule has 0 heterocycles. The summed E-state index contributed by atoms with van der Waals surface area (Å²) in [5.74, 6) is 0.257. The van der Waals surface area contributed by atoms with Crippen LogP contribution in [0.3, 0.4) is 0 Å². The van der Waals surface area contributed by atoms with E-state index in [4.69, 9.17) is 5.11 Å². The largest absolute Gasteiger partial charge is 0.465 e. The van der Waals surface area contributed by atoms with Crippen molar-refractivity contribution in [1.29, 1.82) is 0 Å². The molecule has 1 aromatic carbocycles. The average molecular weight is 219 g/mol. The number of carboxylic acid groups (broad SMARTS) is 1. The third-order valence-electron chi connectivity index (χ3n) is 3.60. The lowest BCUT2D eigenvalue weighted by molar-refractivity contribution is 0.161. The van der Waals surface area contributed by atoms with E-state index in [1.807, 2.05) is 18.2 Å². The lowest BCUT2D eigenvalue weighted by atomic mass is 9.81. The average Bonchev–Trinajstić information content (AvgIpc) is 2.58. The van der Waals surface area contributed by atoms with Crippen molar-refractivity contribution < 1.29 is 9.90 Å².